The fourth-order valence-corrected chi connectivity index (χ4v) is 3.70. The summed E-state index contributed by atoms with van der Waals surface area (Å²) >= 11 is 0. The molecule has 1 atom stereocenters. The van der Waals surface area contributed by atoms with Crippen molar-refractivity contribution < 1.29 is 31.5 Å². The molecule has 2 amide bonds. The molecular formula is C23H24F5N3O2. The highest BCUT2D eigenvalue weighted by Gasteiger charge is 2.33. The molecule has 0 bridgehead atoms. The normalized spacial score (nSPS) is 15.5. The van der Waals surface area contributed by atoms with E-state index in [-0.39, 0.29) is 19.0 Å². The van der Waals surface area contributed by atoms with Crippen LogP contribution in [0.1, 0.15) is 29.8 Å². The maximum absolute atomic E-state index is 13.9. The van der Waals surface area contributed by atoms with Crippen molar-refractivity contribution in [3.63, 3.8) is 0 Å². The van der Waals surface area contributed by atoms with E-state index in [1.54, 1.807) is 24.8 Å². The Labute approximate surface area is 188 Å². The number of anilines is 1. The molecule has 1 saturated heterocycles. The Morgan fingerprint density at radius 3 is 2.06 bits per heavy atom. The number of carbonyl (C=O) groups excluding carboxylic acids is 2. The average Bonchev–Trinajstić information content (AvgIpc) is 2.76. The van der Waals surface area contributed by atoms with Crippen molar-refractivity contribution in [1.29, 1.82) is 0 Å². The number of rotatable bonds is 5. The molecule has 1 aliphatic rings. The molecule has 1 aliphatic heterocycles. The zero-order valence-electron chi connectivity index (χ0n) is 18.1. The van der Waals surface area contributed by atoms with Gasteiger partial charge < -0.3 is 15.1 Å². The van der Waals surface area contributed by atoms with Gasteiger partial charge in [-0.2, -0.15) is 13.2 Å². The second kappa shape index (κ2) is 9.76. The highest BCUT2D eigenvalue weighted by atomic mass is 19.4. The molecule has 33 heavy (non-hydrogen) atoms. The standard InChI is InChI=1S/C23H24F5N3O2/c1-14(2)20(29-21(32)19-17(24)7-4-8-18(19)25)22(33)31-11-9-30(10-12-31)16-6-3-5-15(13-16)23(26,27)28/h3-8,13-14,20H,9-12H2,1-2H3,(H,29,32). The van der Waals surface area contributed by atoms with Gasteiger partial charge in [0, 0.05) is 31.9 Å². The molecule has 1 fully saturated rings. The van der Waals surface area contributed by atoms with Crippen molar-refractivity contribution in [2.45, 2.75) is 26.1 Å². The summed E-state index contributed by atoms with van der Waals surface area (Å²) in [6.45, 7) is 4.44. The van der Waals surface area contributed by atoms with Gasteiger partial charge in [-0.3, -0.25) is 9.59 Å². The van der Waals surface area contributed by atoms with Crippen molar-refractivity contribution in [2.75, 3.05) is 31.1 Å². The van der Waals surface area contributed by atoms with Crippen LogP contribution in [0.4, 0.5) is 27.6 Å². The van der Waals surface area contributed by atoms with Crippen molar-refractivity contribution in [2.24, 2.45) is 5.92 Å². The molecule has 1 unspecified atom stereocenters. The van der Waals surface area contributed by atoms with E-state index in [1.165, 1.54) is 11.0 Å². The summed E-state index contributed by atoms with van der Waals surface area (Å²) in [5, 5.41) is 2.43. The van der Waals surface area contributed by atoms with Gasteiger partial charge in [0.1, 0.15) is 23.2 Å². The molecule has 1 N–H and O–H groups in total. The number of alkyl halides is 3. The first kappa shape index (κ1) is 24.5. The lowest BCUT2D eigenvalue weighted by molar-refractivity contribution is -0.137. The number of hydrogen-bond donors (Lipinski definition) is 1. The molecular weight excluding hydrogens is 445 g/mol. The van der Waals surface area contributed by atoms with E-state index in [0.29, 0.717) is 18.8 Å². The Hall–Kier alpha value is -3.17. The number of benzene rings is 2. The van der Waals surface area contributed by atoms with E-state index in [1.807, 2.05) is 0 Å². The van der Waals surface area contributed by atoms with Gasteiger partial charge in [-0.05, 0) is 36.2 Å². The van der Waals surface area contributed by atoms with Gasteiger partial charge in [0.05, 0.1) is 5.56 Å². The number of nitrogens with zero attached hydrogens (tertiary/aromatic N) is 2. The maximum atomic E-state index is 13.9. The monoisotopic (exact) mass is 469 g/mol. The second-order valence-corrected chi connectivity index (χ2v) is 8.15. The topological polar surface area (TPSA) is 52.7 Å². The van der Waals surface area contributed by atoms with Gasteiger partial charge in [-0.25, -0.2) is 8.78 Å². The lowest BCUT2D eigenvalue weighted by Gasteiger charge is -2.38. The van der Waals surface area contributed by atoms with Crippen molar-refractivity contribution in [3.05, 3.63) is 65.2 Å². The summed E-state index contributed by atoms with van der Waals surface area (Å²) in [6.07, 6.45) is -4.45. The summed E-state index contributed by atoms with van der Waals surface area (Å²) in [7, 11) is 0. The second-order valence-electron chi connectivity index (χ2n) is 8.15. The Morgan fingerprint density at radius 2 is 1.52 bits per heavy atom. The first-order chi connectivity index (χ1) is 15.5. The molecule has 178 valence electrons. The Bertz CT molecular complexity index is 997. The Kier molecular flexibility index (Phi) is 7.24. The first-order valence-electron chi connectivity index (χ1n) is 10.4. The molecule has 3 rings (SSSR count). The number of amides is 2. The number of hydrogen-bond acceptors (Lipinski definition) is 3. The van der Waals surface area contributed by atoms with Crippen LogP contribution < -0.4 is 10.2 Å². The minimum Gasteiger partial charge on any atom is -0.368 e. The van der Waals surface area contributed by atoms with Crippen LogP contribution in [0.5, 0.6) is 0 Å². The fraction of sp³-hybridized carbons (Fsp3) is 0.391. The minimum absolute atomic E-state index is 0.224. The largest absolute Gasteiger partial charge is 0.416 e. The zero-order valence-corrected chi connectivity index (χ0v) is 18.1. The van der Waals surface area contributed by atoms with Gasteiger partial charge in [0.25, 0.3) is 5.91 Å². The Balaban J connectivity index is 1.67. The van der Waals surface area contributed by atoms with Crippen LogP contribution in [0, 0.1) is 17.6 Å². The van der Waals surface area contributed by atoms with Crippen LogP contribution in [-0.2, 0) is 11.0 Å². The van der Waals surface area contributed by atoms with Crippen LogP contribution in [0.25, 0.3) is 0 Å². The summed E-state index contributed by atoms with van der Waals surface area (Å²) < 4.78 is 66.9. The van der Waals surface area contributed by atoms with Gasteiger partial charge in [0.2, 0.25) is 5.91 Å². The van der Waals surface area contributed by atoms with Gasteiger partial charge in [0.15, 0.2) is 0 Å². The van der Waals surface area contributed by atoms with E-state index in [0.717, 1.165) is 30.3 Å². The van der Waals surface area contributed by atoms with Crippen LogP contribution in [0.3, 0.4) is 0 Å². The molecule has 2 aromatic rings. The molecule has 0 saturated carbocycles. The predicted molar refractivity (Wildman–Crippen MR) is 113 cm³/mol. The summed E-state index contributed by atoms with van der Waals surface area (Å²) in [5.41, 5.74) is -1.10. The van der Waals surface area contributed by atoms with E-state index in [4.69, 9.17) is 0 Å². The number of piperazine rings is 1. The third-order valence-corrected chi connectivity index (χ3v) is 5.54. The third kappa shape index (κ3) is 5.61. The molecule has 0 aliphatic carbocycles. The van der Waals surface area contributed by atoms with Crippen molar-refractivity contribution >= 4 is 17.5 Å². The first-order valence-corrected chi connectivity index (χ1v) is 10.4. The van der Waals surface area contributed by atoms with Gasteiger partial charge >= 0.3 is 6.18 Å². The van der Waals surface area contributed by atoms with Crippen molar-refractivity contribution in [3.8, 4) is 0 Å². The van der Waals surface area contributed by atoms with Crippen LogP contribution in [0.15, 0.2) is 42.5 Å². The minimum atomic E-state index is -4.45. The summed E-state index contributed by atoms with van der Waals surface area (Å²) in [6, 6.07) is 7.01. The summed E-state index contributed by atoms with van der Waals surface area (Å²) in [4.78, 5) is 28.8. The molecule has 10 heteroatoms. The number of nitrogens with one attached hydrogen (secondary N) is 1. The van der Waals surface area contributed by atoms with Gasteiger partial charge in [-0.1, -0.05) is 26.0 Å². The number of halogens is 5. The van der Waals surface area contributed by atoms with E-state index in [9.17, 15) is 31.5 Å². The third-order valence-electron chi connectivity index (χ3n) is 5.54. The van der Waals surface area contributed by atoms with E-state index in [2.05, 4.69) is 5.32 Å². The molecule has 0 spiro atoms. The van der Waals surface area contributed by atoms with E-state index < -0.39 is 46.8 Å². The average molecular weight is 469 g/mol. The fourth-order valence-electron chi connectivity index (χ4n) is 3.70. The molecule has 0 aromatic heterocycles. The molecule has 2 aromatic carbocycles. The zero-order chi connectivity index (χ0) is 24.3. The van der Waals surface area contributed by atoms with Gasteiger partial charge in [-0.15, -0.1) is 0 Å². The summed E-state index contributed by atoms with van der Waals surface area (Å²) in [5.74, 6) is -3.87. The van der Waals surface area contributed by atoms with Crippen LogP contribution in [-0.4, -0.2) is 48.9 Å². The smallest absolute Gasteiger partial charge is 0.368 e. The molecule has 1 heterocycles. The molecule has 5 nitrogen and oxygen atoms in total. The lowest BCUT2D eigenvalue weighted by Crippen LogP contribution is -2.56. The van der Waals surface area contributed by atoms with E-state index >= 15 is 0 Å². The highest BCUT2D eigenvalue weighted by molar-refractivity contribution is 5.98. The Morgan fingerprint density at radius 1 is 0.939 bits per heavy atom. The highest BCUT2D eigenvalue weighted by Crippen LogP contribution is 2.32. The SMILES string of the molecule is CC(C)C(NC(=O)c1c(F)cccc1F)C(=O)N1CCN(c2cccc(C(F)(F)F)c2)CC1. The molecule has 0 radical (unpaired) electrons. The number of carbonyl (C=O) groups is 2. The maximum Gasteiger partial charge on any atom is 0.416 e. The lowest BCUT2D eigenvalue weighted by atomic mass is 10.0. The van der Waals surface area contributed by atoms with Crippen LogP contribution in [0.2, 0.25) is 0 Å². The predicted octanol–water partition coefficient (Wildman–Crippen LogP) is 4.09. The quantitative estimate of drug-likeness (QED) is 0.672. The van der Waals surface area contributed by atoms with Crippen LogP contribution >= 0.6 is 0 Å². The van der Waals surface area contributed by atoms with Crippen molar-refractivity contribution in [1.82, 2.24) is 10.2 Å².